The predicted molar refractivity (Wildman–Crippen MR) is 112 cm³/mol. The molecule has 0 bridgehead atoms. The first-order valence-electron chi connectivity index (χ1n) is 12.5. The van der Waals surface area contributed by atoms with E-state index in [1.165, 1.54) is 51.4 Å². The average molecular weight is 420 g/mol. The Morgan fingerprint density at radius 1 is 0.607 bits per heavy atom. The van der Waals surface area contributed by atoms with Crippen molar-refractivity contribution in [1.82, 2.24) is 0 Å². The molecule has 10 aliphatic rings. The summed E-state index contributed by atoms with van der Waals surface area (Å²) < 4.78 is 5.65. The van der Waals surface area contributed by atoms with Crippen molar-refractivity contribution in [1.29, 1.82) is 0 Å². The van der Waals surface area contributed by atoms with Crippen LogP contribution in [0.3, 0.4) is 0 Å². The second kappa shape index (κ2) is 2.02. The van der Waals surface area contributed by atoms with Gasteiger partial charge in [-0.25, -0.2) is 0 Å². The number of ether oxygens (including phenoxy) is 1. The summed E-state index contributed by atoms with van der Waals surface area (Å²) >= 11 is 0. The molecule has 2 heteroatoms. The first kappa shape index (κ1) is 14.5. The topological polar surface area (TPSA) is 9.23 Å². The summed E-state index contributed by atoms with van der Waals surface area (Å²) in [5.41, 5.74) is 0. The van der Waals surface area contributed by atoms with Gasteiger partial charge in [-0.3, -0.25) is 0 Å². The number of rotatable bonds is 10. The molecule has 10 heterocycles. The van der Waals surface area contributed by atoms with Crippen LogP contribution in [0.1, 0.15) is 58.3 Å². The fourth-order valence-corrected chi connectivity index (χ4v) is 89.9. The Morgan fingerprint density at radius 2 is 1.04 bits per heavy atom. The van der Waals surface area contributed by atoms with E-state index in [-0.39, 0.29) is 0 Å². The fourth-order valence-electron chi connectivity index (χ4n) is 17.8. The molecule has 0 N–H and O–H groups in total. The molecule has 154 valence electrons. The van der Waals surface area contributed by atoms with Crippen LogP contribution in [0.2, 0.25) is 48.2 Å². The zero-order chi connectivity index (χ0) is 18.3. The van der Waals surface area contributed by atoms with E-state index in [4.69, 9.17) is 4.74 Å². The molecule has 0 amide bonds. The van der Waals surface area contributed by atoms with Gasteiger partial charge in [0, 0.05) is 0 Å². The Labute approximate surface area is 160 Å². The van der Waals surface area contributed by atoms with Crippen LogP contribution in [0, 0.1) is 0 Å². The summed E-state index contributed by atoms with van der Waals surface area (Å²) in [4.78, 5) is 15.9. The van der Waals surface area contributed by atoms with Crippen LogP contribution in [-0.4, -0.2) is 6.61 Å². The molecule has 11 rings (SSSR count). The van der Waals surface area contributed by atoms with E-state index in [0.29, 0.717) is 0 Å². The molecular weight excluding hydrogens is 384 g/mol. The van der Waals surface area contributed by atoms with Gasteiger partial charge in [0.1, 0.15) is 5.75 Å². The summed E-state index contributed by atoms with van der Waals surface area (Å²) in [5.74, 6) is 0.996. The van der Waals surface area contributed by atoms with Crippen molar-refractivity contribution in [3.05, 3.63) is 30.3 Å². The van der Waals surface area contributed by atoms with Crippen molar-refractivity contribution in [2.24, 2.45) is 0 Å². The Hall–Kier alpha value is -0.461. The van der Waals surface area contributed by atoms with E-state index in [1.807, 2.05) is 30.3 Å². The van der Waals surface area contributed by atoms with Crippen LogP contribution >= 0.6 is 0 Å². The van der Waals surface area contributed by atoms with Crippen molar-refractivity contribution in [2.45, 2.75) is 106 Å². The molecule has 1 aromatic rings. The summed E-state index contributed by atoms with van der Waals surface area (Å²) in [6, 6.07) is 10.1. The Balaban J connectivity index is 0.0000000916. The Bertz CT molecular complexity index is 1010. The van der Waals surface area contributed by atoms with Gasteiger partial charge in [0.05, 0.1) is 6.61 Å². The Kier molecular flexibility index (Phi) is 1.05. The minimum absolute atomic E-state index is 0.860. The third kappa shape index (κ3) is 0.322. The van der Waals surface area contributed by atoms with Gasteiger partial charge in [-0.1, -0.05) is 70.1 Å². The van der Waals surface area contributed by atoms with Gasteiger partial charge in [-0.2, -0.15) is 0 Å². The summed E-state index contributed by atoms with van der Waals surface area (Å²) in [6.07, 6.45) is 10.8. The van der Waals surface area contributed by atoms with Crippen LogP contribution < -0.4 is 4.74 Å². The van der Waals surface area contributed by atoms with Gasteiger partial charge in [0.2, 0.25) is 0 Å². The number of para-hydroxylation sites is 1. The first-order chi connectivity index (χ1) is 13.6. The molecule has 10 aliphatic heterocycles. The first-order valence-corrected chi connectivity index (χ1v) is 18.9. The zero-order valence-electron chi connectivity index (χ0n) is 17.3. The van der Waals surface area contributed by atoms with E-state index in [1.54, 1.807) is 48.2 Å². The van der Waals surface area contributed by atoms with Crippen molar-refractivity contribution in [2.75, 3.05) is 6.61 Å². The van der Waals surface area contributed by atoms with Crippen LogP contribution in [0.15, 0.2) is 30.3 Å². The number of fused-ring (bicyclic) bond motifs is 10. The van der Waals surface area contributed by atoms with E-state index < -0.39 is 6.51 Å². The van der Waals surface area contributed by atoms with Gasteiger partial charge in [-0.05, 0) is 18.6 Å². The molecular formula is C26H36FeO. The van der Waals surface area contributed by atoms with E-state index in [0.717, 1.165) is 12.4 Å². The number of unbranched alkanes of at least 4 members (excludes halogenated alkanes) is 7. The van der Waals surface area contributed by atoms with Crippen molar-refractivity contribution in [3.63, 3.8) is 0 Å². The Morgan fingerprint density at radius 3 is 1.43 bits per heavy atom. The van der Waals surface area contributed by atoms with E-state index in [2.05, 4.69) is 6.92 Å². The van der Waals surface area contributed by atoms with Crippen molar-refractivity contribution in [3.8, 4) is 5.75 Å². The molecule has 0 aliphatic carbocycles. The SMILES string of the molecule is CCCCCCCCCCOc1ccccc1.[CH]12[CH]3[CH]4[CH]5[CH]1[Fe]23451678[CH]2[CH]1[CH]6[CH]7[CH]28. The molecule has 28 heavy (non-hydrogen) atoms. The van der Waals surface area contributed by atoms with Gasteiger partial charge in [0.25, 0.3) is 0 Å². The van der Waals surface area contributed by atoms with Gasteiger partial charge in [-0.15, -0.1) is 0 Å². The zero-order valence-corrected chi connectivity index (χ0v) is 18.4. The molecule has 1 spiro atoms. The second-order valence-electron chi connectivity index (χ2n) is 14.2. The van der Waals surface area contributed by atoms with E-state index >= 15 is 0 Å². The van der Waals surface area contributed by atoms with Gasteiger partial charge >= 0.3 is 54.7 Å². The average Bonchev–Trinajstić information content (AvgIpc) is 3.66. The molecule has 10 fully saturated rings. The van der Waals surface area contributed by atoms with Crippen molar-refractivity contribution < 1.29 is 11.2 Å². The normalized spacial score (nSPS) is 73.5. The molecule has 1 nitrogen and oxygen atoms in total. The third-order valence-electron chi connectivity index (χ3n) is 17.5. The number of benzene rings is 1. The molecule has 1 aromatic carbocycles. The molecule has 0 radical (unpaired) electrons. The fraction of sp³-hybridized carbons (Fsp3) is 0.769. The molecule has 0 atom stereocenters. The van der Waals surface area contributed by atoms with Crippen LogP contribution in [0.25, 0.3) is 0 Å². The molecule has 10 saturated heterocycles. The maximum atomic E-state index is 5.65. The summed E-state index contributed by atoms with van der Waals surface area (Å²) in [7, 11) is 0. The quantitative estimate of drug-likeness (QED) is 0.272. The minimum atomic E-state index is -2.28. The molecule has 0 aromatic heterocycles. The van der Waals surface area contributed by atoms with Gasteiger partial charge < -0.3 is 4.74 Å². The maximum absolute atomic E-state index is 5.65. The summed E-state index contributed by atoms with van der Waals surface area (Å²) in [5, 5.41) is 0. The van der Waals surface area contributed by atoms with Gasteiger partial charge in [0.15, 0.2) is 0 Å². The number of hydrogen-bond acceptors (Lipinski definition) is 1. The standard InChI is InChI=1S/C16H26O.2C5H5.Fe/c1-2-3-4-5-6-7-8-12-15-17-16-13-10-9-11-14-16;2*1-2-4-5-3-1;/h9-11,13-14H,2-8,12,15H2,1H3;2*1-5H;. The number of hydrogen-bond donors (Lipinski definition) is 0. The third-order valence-corrected chi connectivity index (χ3v) is 59.5. The second-order valence-corrected chi connectivity index (χ2v) is 38.1. The predicted octanol–water partition coefficient (Wildman–Crippen LogP) is 8.58. The van der Waals surface area contributed by atoms with Crippen LogP contribution in [0.5, 0.6) is 5.75 Å². The van der Waals surface area contributed by atoms with Crippen LogP contribution in [-0.2, 0) is 6.51 Å². The molecule has 0 unspecified atom stereocenters. The summed E-state index contributed by atoms with van der Waals surface area (Å²) in [6.45, 7) is 0.842. The van der Waals surface area contributed by atoms with E-state index in [9.17, 15) is 0 Å². The van der Waals surface area contributed by atoms with Crippen LogP contribution in [0.4, 0.5) is 0 Å². The monoisotopic (exact) mass is 420 g/mol. The molecule has 0 saturated carbocycles. The van der Waals surface area contributed by atoms with Crippen molar-refractivity contribution >= 4 is 0 Å².